The first kappa shape index (κ1) is 16.0. The van der Waals surface area contributed by atoms with Gasteiger partial charge in [-0.1, -0.05) is 44.2 Å². The Morgan fingerprint density at radius 3 is 2.68 bits per heavy atom. The van der Waals surface area contributed by atoms with Gasteiger partial charge in [-0.05, 0) is 17.4 Å². The van der Waals surface area contributed by atoms with Gasteiger partial charge in [0.2, 0.25) is 0 Å². The first-order valence-electron chi connectivity index (χ1n) is 8.47. The average molecular weight is 335 g/mol. The van der Waals surface area contributed by atoms with Crippen molar-refractivity contribution in [3.05, 3.63) is 53.5 Å². The molecule has 0 saturated heterocycles. The summed E-state index contributed by atoms with van der Waals surface area (Å²) in [6.45, 7) is 4.65. The highest BCUT2D eigenvalue weighted by atomic mass is 16.5. The van der Waals surface area contributed by atoms with E-state index in [4.69, 9.17) is 9.84 Å². The van der Waals surface area contributed by atoms with Crippen LogP contribution in [-0.2, 0) is 17.8 Å². The summed E-state index contributed by atoms with van der Waals surface area (Å²) in [5, 5.41) is 4.77. The lowest BCUT2D eigenvalue weighted by Crippen LogP contribution is -2.29. The molecular weight excluding hydrogens is 314 g/mol. The maximum atomic E-state index is 12.5. The number of nitrogens with zero attached hydrogens (tertiary/aromatic N) is 3. The van der Waals surface area contributed by atoms with Crippen molar-refractivity contribution in [2.75, 3.05) is 7.11 Å². The Kier molecular flexibility index (Phi) is 3.69. The lowest BCUT2D eigenvalue weighted by atomic mass is 9.76. The van der Waals surface area contributed by atoms with E-state index in [1.807, 2.05) is 34.8 Å². The Morgan fingerprint density at radius 1 is 1.20 bits per heavy atom. The fourth-order valence-electron chi connectivity index (χ4n) is 3.66. The number of hydrogen-bond donors (Lipinski definition) is 0. The summed E-state index contributed by atoms with van der Waals surface area (Å²) >= 11 is 0. The summed E-state index contributed by atoms with van der Waals surface area (Å²) in [5.74, 6) is 0.144. The molecular formula is C20H21N3O2. The third-order valence-electron chi connectivity index (χ3n) is 4.75. The van der Waals surface area contributed by atoms with Crippen molar-refractivity contribution in [2.45, 2.75) is 33.3 Å². The van der Waals surface area contributed by atoms with Crippen LogP contribution in [0.4, 0.5) is 0 Å². The molecule has 5 nitrogen and oxygen atoms in total. The molecule has 0 bridgehead atoms. The minimum absolute atomic E-state index is 0.0708. The van der Waals surface area contributed by atoms with Crippen LogP contribution < -0.4 is 0 Å². The zero-order chi connectivity index (χ0) is 17.6. The predicted octanol–water partition coefficient (Wildman–Crippen LogP) is 3.70. The number of methoxy groups -OCH3 is 1. The number of carbonyl (C=O) groups is 1. The van der Waals surface area contributed by atoms with Crippen LogP contribution >= 0.6 is 0 Å². The van der Waals surface area contributed by atoms with E-state index in [-0.39, 0.29) is 11.2 Å². The van der Waals surface area contributed by atoms with Gasteiger partial charge in [-0.15, -0.1) is 0 Å². The second-order valence-corrected chi connectivity index (χ2v) is 7.42. The van der Waals surface area contributed by atoms with Crippen molar-refractivity contribution in [1.29, 1.82) is 0 Å². The summed E-state index contributed by atoms with van der Waals surface area (Å²) in [4.78, 5) is 17.1. The van der Waals surface area contributed by atoms with Gasteiger partial charge in [0.15, 0.2) is 11.4 Å². The molecule has 0 amide bonds. The van der Waals surface area contributed by atoms with Crippen LogP contribution in [0.15, 0.2) is 36.5 Å². The average Bonchev–Trinajstić information content (AvgIpc) is 2.93. The number of hydrogen-bond acceptors (Lipinski definition) is 4. The van der Waals surface area contributed by atoms with Gasteiger partial charge in [-0.25, -0.2) is 9.50 Å². The fourth-order valence-corrected chi connectivity index (χ4v) is 3.66. The van der Waals surface area contributed by atoms with E-state index in [0.29, 0.717) is 18.6 Å². The van der Waals surface area contributed by atoms with Gasteiger partial charge in [-0.3, -0.25) is 4.79 Å². The van der Waals surface area contributed by atoms with E-state index in [1.165, 1.54) is 0 Å². The van der Waals surface area contributed by atoms with E-state index in [0.717, 1.165) is 34.6 Å². The van der Waals surface area contributed by atoms with Gasteiger partial charge >= 0.3 is 0 Å². The minimum atomic E-state index is -0.0708. The normalized spacial score (nSPS) is 16.2. The van der Waals surface area contributed by atoms with Gasteiger partial charge in [-0.2, -0.15) is 5.10 Å². The maximum Gasteiger partial charge on any atom is 0.166 e. The second kappa shape index (κ2) is 5.77. The molecule has 0 atom stereocenters. The highest BCUT2D eigenvalue weighted by molar-refractivity contribution is 5.99. The highest BCUT2D eigenvalue weighted by Gasteiger charge is 2.34. The highest BCUT2D eigenvalue weighted by Crippen LogP contribution is 2.36. The van der Waals surface area contributed by atoms with Gasteiger partial charge < -0.3 is 4.74 Å². The van der Waals surface area contributed by atoms with Crippen molar-refractivity contribution in [1.82, 2.24) is 14.6 Å². The summed E-state index contributed by atoms with van der Waals surface area (Å²) in [6.07, 6.45) is 3.06. The molecule has 1 aliphatic rings. The molecule has 0 unspecified atom stereocenters. The van der Waals surface area contributed by atoms with Crippen LogP contribution in [0.25, 0.3) is 16.8 Å². The molecule has 128 valence electrons. The Hall–Kier alpha value is -2.53. The number of carbonyl (C=O) groups excluding carboxylic acids is 1. The second-order valence-electron chi connectivity index (χ2n) is 7.42. The molecule has 0 saturated carbocycles. The summed E-state index contributed by atoms with van der Waals surface area (Å²) in [7, 11) is 1.66. The van der Waals surface area contributed by atoms with Crippen molar-refractivity contribution < 1.29 is 9.53 Å². The van der Waals surface area contributed by atoms with Crippen molar-refractivity contribution >= 4 is 11.4 Å². The van der Waals surface area contributed by atoms with E-state index < -0.39 is 0 Å². The Balaban J connectivity index is 2.01. The van der Waals surface area contributed by atoms with Crippen LogP contribution in [0.2, 0.25) is 0 Å². The van der Waals surface area contributed by atoms with Crippen molar-refractivity contribution in [2.24, 2.45) is 5.41 Å². The summed E-state index contributed by atoms with van der Waals surface area (Å²) in [6, 6.07) is 10.1. The van der Waals surface area contributed by atoms with Gasteiger partial charge in [0.1, 0.15) is 0 Å². The van der Waals surface area contributed by atoms with E-state index >= 15 is 0 Å². The lowest BCUT2D eigenvalue weighted by molar-refractivity contribution is 0.0908. The van der Waals surface area contributed by atoms with Gasteiger partial charge in [0.25, 0.3) is 0 Å². The molecule has 0 aliphatic heterocycles. The third kappa shape index (κ3) is 2.65. The number of benzene rings is 1. The molecule has 2 aromatic heterocycles. The number of fused-ring (bicyclic) bond motifs is 3. The molecule has 4 rings (SSSR count). The van der Waals surface area contributed by atoms with E-state index in [1.54, 1.807) is 13.3 Å². The minimum Gasteiger partial charge on any atom is -0.378 e. The van der Waals surface area contributed by atoms with Crippen molar-refractivity contribution in [3.8, 4) is 11.1 Å². The van der Waals surface area contributed by atoms with Gasteiger partial charge in [0, 0.05) is 19.7 Å². The molecule has 0 radical (unpaired) electrons. The number of ketones is 1. The van der Waals surface area contributed by atoms with Crippen LogP contribution in [0, 0.1) is 5.41 Å². The van der Waals surface area contributed by atoms with Crippen LogP contribution in [0.1, 0.15) is 42.0 Å². The molecule has 1 aliphatic carbocycles. The standard InChI is InChI=1S/C20H21N3O2/c1-20(2)9-16-14(17(24)10-20)11-21-19-18(13-7-5-4-6-8-13)15(12-25-3)22-23(16)19/h4-8,11H,9-10,12H2,1-3H3. The molecule has 1 aromatic carbocycles. The Labute approximate surface area is 146 Å². The van der Waals surface area contributed by atoms with Crippen molar-refractivity contribution in [3.63, 3.8) is 0 Å². The zero-order valence-electron chi connectivity index (χ0n) is 14.7. The molecule has 2 heterocycles. The third-order valence-corrected chi connectivity index (χ3v) is 4.75. The van der Waals surface area contributed by atoms with Crippen LogP contribution in [-0.4, -0.2) is 27.5 Å². The largest absolute Gasteiger partial charge is 0.378 e. The van der Waals surface area contributed by atoms with Crippen LogP contribution in [0.3, 0.4) is 0 Å². The van der Waals surface area contributed by atoms with E-state index in [9.17, 15) is 4.79 Å². The first-order valence-corrected chi connectivity index (χ1v) is 8.47. The summed E-state index contributed by atoms with van der Waals surface area (Å²) < 4.78 is 7.21. The molecule has 0 spiro atoms. The van der Waals surface area contributed by atoms with Crippen LogP contribution in [0.5, 0.6) is 0 Å². The fraction of sp³-hybridized carbons (Fsp3) is 0.350. The lowest BCUT2D eigenvalue weighted by Gasteiger charge is -2.29. The summed E-state index contributed by atoms with van der Waals surface area (Å²) in [5.41, 5.74) is 5.22. The molecule has 0 fully saturated rings. The number of Topliss-reactive ketones (excluding diaryl/α,β-unsaturated/α-hetero) is 1. The van der Waals surface area contributed by atoms with Gasteiger partial charge in [0.05, 0.1) is 29.1 Å². The Morgan fingerprint density at radius 2 is 1.96 bits per heavy atom. The predicted molar refractivity (Wildman–Crippen MR) is 95.6 cm³/mol. The molecule has 25 heavy (non-hydrogen) atoms. The number of aromatic nitrogens is 3. The molecule has 5 heteroatoms. The topological polar surface area (TPSA) is 56.5 Å². The molecule has 0 N–H and O–H groups in total. The number of rotatable bonds is 3. The van der Waals surface area contributed by atoms with E-state index in [2.05, 4.69) is 18.8 Å². The zero-order valence-corrected chi connectivity index (χ0v) is 14.7. The quantitative estimate of drug-likeness (QED) is 0.732. The Bertz CT molecular complexity index is 958. The maximum absolute atomic E-state index is 12.5. The first-order chi connectivity index (χ1) is 12.0. The number of ether oxygens (including phenoxy) is 1. The smallest absolute Gasteiger partial charge is 0.166 e. The SMILES string of the molecule is COCc1nn2c3c(cnc2c1-c1ccccc1)C(=O)CC(C)(C)C3. The molecule has 3 aromatic rings. The monoisotopic (exact) mass is 335 g/mol.